The van der Waals surface area contributed by atoms with Gasteiger partial charge in [0.25, 0.3) is 5.91 Å². The van der Waals surface area contributed by atoms with Crippen molar-refractivity contribution in [1.29, 1.82) is 0 Å². The van der Waals surface area contributed by atoms with Crippen molar-refractivity contribution in [1.82, 2.24) is 4.98 Å². The molecule has 0 aliphatic heterocycles. The van der Waals surface area contributed by atoms with Crippen LogP contribution in [0.3, 0.4) is 0 Å². The maximum Gasteiger partial charge on any atom is 0.255 e. The molecule has 0 aliphatic rings. The minimum atomic E-state index is -0.130. The third kappa shape index (κ3) is 3.86. The molecule has 3 rings (SSSR count). The summed E-state index contributed by atoms with van der Waals surface area (Å²) >= 11 is 0. The summed E-state index contributed by atoms with van der Waals surface area (Å²) < 4.78 is 0. The molecule has 2 N–H and O–H groups in total. The van der Waals surface area contributed by atoms with Gasteiger partial charge in [0.15, 0.2) is 0 Å². The second-order valence-electron chi connectivity index (χ2n) is 6.07. The van der Waals surface area contributed by atoms with Gasteiger partial charge in [-0.05, 0) is 61.7 Å². The molecular formula is C21H21N3O. The Hall–Kier alpha value is -3.14. The van der Waals surface area contributed by atoms with Gasteiger partial charge in [0.1, 0.15) is 5.82 Å². The van der Waals surface area contributed by atoms with E-state index in [0.717, 1.165) is 17.1 Å². The molecule has 0 radical (unpaired) electrons. The van der Waals surface area contributed by atoms with Crippen molar-refractivity contribution in [2.24, 2.45) is 0 Å². The number of amides is 1. The summed E-state index contributed by atoms with van der Waals surface area (Å²) in [6.45, 7) is 6.08. The standard InChI is InChI=1S/C21H21N3O/c1-14-8-6-10-19(16(14)3)24-20-12-11-17(13-22-20)23-21(25)18-9-5-4-7-15(18)2/h4-13H,1-3H3,(H,22,24)(H,23,25). The van der Waals surface area contributed by atoms with E-state index >= 15 is 0 Å². The van der Waals surface area contributed by atoms with E-state index in [9.17, 15) is 4.79 Å². The lowest BCUT2D eigenvalue weighted by molar-refractivity contribution is 0.102. The van der Waals surface area contributed by atoms with Crippen LogP contribution in [-0.4, -0.2) is 10.9 Å². The van der Waals surface area contributed by atoms with Crippen molar-refractivity contribution < 1.29 is 4.79 Å². The zero-order valence-electron chi connectivity index (χ0n) is 14.6. The van der Waals surface area contributed by atoms with E-state index in [1.807, 2.05) is 55.5 Å². The zero-order valence-corrected chi connectivity index (χ0v) is 14.6. The number of nitrogens with zero attached hydrogens (tertiary/aromatic N) is 1. The van der Waals surface area contributed by atoms with E-state index < -0.39 is 0 Å². The highest BCUT2D eigenvalue weighted by Crippen LogP contribution is 2.22. The molecule has 0 aliphatic carbocycles. The Morgan fingerprint density at radius 2 is 1.64 bits per heavy atom. The Balaban J connectivity index is 1.71. The molecule has 4 nitrogen and oxygen atoms in total. The van der Waals surface area contributed by atoms with Crippen molar-refractivity contribution in [3.8, 4) is 0 Å². The number of hydrogen-bond donors (Lipinski definition) is 2. The fourth-order valence-electron chi connectivity index (χ4n) is 2.59. The summed E-state index contributed by atoms with van der Waals surface area (Å²) in [5.74, 6) is 0.609. The van der Waals surface area contributed by atoms with Crippen molar-refractivity contribution >= 4 is 23.1 Å². The molecule has 0 saturated carbocycles. The van der Waals surface area contributed by atoms with Gasteiger partial charge in [0, 0.05) is 11.3 Å². The lowest BCUT2D eigenvalue weighted by Gasteiger charge is -2.11. The van der Waals surface area contributed by atoms with Gasteiger partial charge in [-0.3, -0.25) is 4.79 Å². The van der Waals surface area contributed by atoms with Gasteiger partial charge in [0.05, 0.1) is 11.9 Å². The quantitative estimate of drug-likeness (QED) is 0.707. The van der Waals surface area contributed by atoms with Crippen LogP contribution in [0.2, 0.25) is 0 Å². The number of carbonyl (C=O) groups excluding carboxylic acids is 1. The van der Waals surface area contributed by atoms with E-state index in [4.69, 9.17) is 0 Å². The van der Waals surface area contributed by atoms with Crippen molar-refractivity contribution in [2.75, 3.05) is 10.6 Å². The largest absolute Gasteiger partial charge is 0.340 e. The van der Waals surface area contributed by atoms with Crippen LogP contribution >= 0.6 is 0 Å². The molecule has 0 saturated heterocycles. The van der Waals surface area contributed by atoms with Crippen LogP contribution in [0.1, 0.15) is 27.0 Å². The first-order valence-electron chi connectivity index (χ1n) is 8.21. The van der Waals surface area contributed by atoms with Gasteiger partial charge < -0.3 is 10.6 Å². The molecule has 0 unspecified atom stereocenters. The minimum Gasteiger partial charge on any atom is -0.340 e. The number of nitrogens with one attached hydrogen (secondary N) is 2. The monoisotopic (exact) mass is 331 g/mol. The number of aryl methyl sites for hydroxylation is 2. The van der Waals surface area contributed by atoms with Gasteiger partial charge in [-0.15, -0.1) is 0 Å². The molecule has 2 aromatic carbocycles. The van der Waals surface area contributed by atoms with Crippen LogP contribution in [0.4, 0.5) is 17.2 Å². The second kappa shape index (κ2) is 7.18. The number of rotatable bonds is 4. The number of aromatic nitrogens is 1. The predicted octanol–water partition coefficient (Wildman–Crippen LogP) is 5.00. The van der Waals surface area contributed by atoms with Gasteiger partial charge in [-0.1, -0.05) is 30.3 Å². The predicted molar refractivity (Wildman–Crippen MR) is 103 cm³/mol. The Bertz CT molecular complexity index is 901. The fraction of sp³-hybridized carbons (Fsp3) is 0.143. The van der Waals surface area contributed by atoms with Crippen LogP contribution < -0.4 is 10.6 Å². The van der Waals surface area contributed by atoms with E-state index in [1.165, 1.54) is 11.1 Å². The van der Waals surface area contributed by atoms with Crippen LogP contribution in [0.25, 0.3) is 0 Å². The van der Waals surface area contributed by atoms with Crippen molar-refractivity contribution in [3.05, 3.63) is 83.0 Å². The molecule has 0 atom stereocenters. The second-order valence-corrected chi connectivity index (χ2v) is 6.07. The highest BCUT2D eigenvalue weighted by Gasteiger charge is 2.09. The molecule has 1 amide bonds. The Labute approximate surface area is 147 Å². The van der Waals surface area contributed by atoms with Gasteiger partial charge in [0.2, 0.25) is 0 Å². The molecule has 25 heavy (non-hydrogen) atoms. The number of carbonyl (C=O) groups is 1. The van der Waals surface area contributed by atoms with Crippen molar-refractivity contribution in [3.63, 3.8) is 0 Å². The third-order valence-electron chi connectivity index (χ3n) is 4.28. The van der Waals surface area contributed by atoms with Gasteiger partial charge in [-0.2, -0.15) is 0 Å². The number of hydrogen-bond acceptors (Lipinski definition) is 3. The highest BCUT2D eigenvalue weighted by atomic mass is 16.1. The lowest BCUT2D eigenvalue weighted by Crippen LogP contribution is -2.13. The van der Waals surface area contributed by atoms with E-state index in [1.54, 1.807) is 6.20 Å². The average Bonchev–Trinajstić information content (AvgIpc) is 2.61. The molecule has 0 fully saturated rings. The van der Waals surface area contributed by atoms with Gasteiger partial charge in [-0.25, -0.2) is 4.98 Å². The topological polar surface area (TPSA) is 54.0 Å². The normalized spacial score (nSPS) is 10.4. The fourth-order valence-corrected chi connectivity index (χ4v) is 2.59. The first-order valence-corrected chi connectivity index (χ1v) is 8.21. The van der Waals surface area contributed by atoms with E-state index in [-0.39, 0.29) is 5.91 Å². The third-order valence-corrected chi connectivity index (χ3v) is 4.28. The van der Waals surface area contributed by atoms with Crippen LogP contribution in [-0.2, 0) is 0 Å². The average molecular weight is 331 g/mol. The molecule has 3 aromatic rings. The summed E-state index contributed by atoms with van der Waals surface area (Å²) in [7, 11) is 0. The number of benzene rings is 2. The summed E-state index contributed by atoms with van der Waals surface area (Å²) in [5.41, 5.74) is 5.73. The Morgan fingerprint density at radius 1 is 0.880 bits per heavy atom. The first-order chi connectivity index (χ1) is 12.0. The van der Waals surface area contributed by atoms with Gasteiger partial charge >= 0.3 is 0 Å². The first kappa shape index (κ1) is 16.7. The summed E-state index contributed by atoms with van der Waals surface area (Å²) in [4.78, 5) is 16.7. The SMILES string of the molecule is Cc1ccccc1C(=O)Nc1ccc(Nc2cccc(C)c2C)nc1. The molecule has 1 heterocycles. The van der Waals surface area contributed by atoms with Crippen LogP contribution in [0.5, 0.6) is 0 Å². The smallest absolute Gasteiger partial charge is 0.255 e. The molecule has 4 heteroatoms. The zero-order chi connectivity index (χ0) is 17.8. The molecular weight excluding hydrogens is 310 g/mol. The summed E-state index contributed by atoms with van der Waals surface area (Å²) in [6.07, 6.45) is 1.66. The molecule has 1 aromatic heterocycles. The Morgan fingerprint density at radius 3 is 2.36 bits per heavy atom. The van der Waals surface area contributed by atoms with E-state index in [2.05, 4.69) is 35.5 Å². The Kier molecular flexibility index (Phi) is 4.80. The molecule has 126 valence electrons. The number of anilines is 3. The maximum absolute atomic E-state index is 12.3. The minimum absolute atomic E-state index is 0.130. The van der Waals surface area contributed by atoms with Crippen LogP contribution in [0, 0.1) is 20.8 Å². The molecule has 0 bridgehead atoms. The summed E-state index contributed by atoms with van der Waals surface area (Å²) in [6, 6.07) is 17.3. The van der Waals surface area contributed by atoms with Crippen molar-refractivity contribution in [2.45, 2.75) is 20.8 Å². The van der Waals surface area contributed by atoms with E-state index in [0.29, 0.717) is 11.3 Å². The van der Waals surface area contributed by atoms with Crippen LogP contribution in [0.15, 0.2) is 60.8 Å². The molecule has 0 spiro atoms. The maximum atomic E-state index is 12.3. The summed E-state index contributed by atoms with van der Waals surface area (Å²) in [5, 5.41) is 6.19. The highest BCUT2D eigenvalue weighted by molar-refractivity contribution is 6.05. The lowest BCUT2D eigenvalue weighted by atomic mass is 10.1. The number of pyridine rings is 1.